The van der Waals surface area contributed by atoms with Gasteiger partial charge in [0, 0.05) is 11.7 Å². The normalized spacial score (nSPS) is 12.6. The number of hydrogen-bond acceptors (Lipinski definition) is 4. The van der Waals surface area contributed by atoms with Crippen LogP contribution in [0.25, 0.3) is 10.2 Å². The SMILES string of the molecule is Cc1ccc(C(C)C)c(O[C@H](C)C(=O)Nc2ccc3c(c2)sc(=O)n3C(C)C)c1. The van der Waals surface area contributed by atoms with Gasteiger partial charge in [0.05, 0.1) is 10.2 Å². The lowest BCUT2D eigenvalue weighted by molar-refractivity contribution is -0.122. The van der Waals surface area contributed by atoms with Crippen LogP contribution >= 0.6 is 11.3 Å². The number of fused-ring (bicyclic) bond motifs is 1. The highest BCUT2D eigenvalue weighted by Gasteiger charge is 2.19. The summed E-state index contributed by atoms with van der Waals surface area (Å²) in [6.07, 6.45) is -0.649. The van der Waals surface area contributed by atoms with E-state index in [0.717, 1.165) is 27.1 Å². The lowest BCUT2D eigenvalue weighted by atomic mass is 10.0. The molecule has 29 heavy (non-hydrogen) atoms. The minimum atomic E-state index is -0.649. The second-order valence-electron chi connectivity index (χ2n) is 7.96. The molecule has 1 amide bonds. The molecule has 3 rings (SSSR count). The van der Waals surface area contributed by atoms with Crippen LogP contribution in [0, 0.1) is 6.92 Å². The molecule has 0 radical (unpaired) electrons. The summed E-state index contributed by atoms with van der Waals surface area (Å²) < 4.78 is 8.62. The third-order valence-electron chi connectivity index (χ3n) is 4.86. The van der Waals surface area contributed by atoms with Crippen molar-refractivity contribution >= 4 is 33.1 Å². The monoisotopic (exact) mass is 412 g/mol. The van der Waals surface area contributed by atoms with Gasteiger partial charge in [0.1, 0.15) is 5.75 Å². The molecule has 0 aliphatic carbocycles. The van der Waals surface area contributed by atoms with Gasteiger partial charge in [0.15, 0.2) is 6.10 Å². The Kier molecular flexibility index (Phi) is 6.13. The maximum atomic E-state index is 12.7. The second-order valence-corrected chi connectivity index (χ2v) is 8.95. The van der Waals surface area contributed by atoms with E-state index in [1.807, 2.05) is 45.0 Å². The highest BCUT2D eigenvalue weighted by molar-refractivity contribution is 7.16. The third-order valence-corrected chi connectivity index (χ3v) is 5.78. The number of anilines is 1. The van der Waals surface area contributed by atoms with Crippen molar-refractivity contribution in [1.82, 2.24) is 4.57 Å². The first-order valence-corrected chi connectivity index (χ1v) is 10.7. The number of nitrogens with zero attached hydrogens (tertiary/aromatic N) is 1. The van der Waals surface area contributed by atoms with E-state index in [0.29, 0.717) is 11.6 Å². The van der Waals surface area contributed by atoms with Gasteiger partial charge in [-0.15, -0.1) is 0 Å². The smallest absolute Gasteiger partial charge is 0.308 e. The molecule has 1 aromatic heterocycles. The summed E-state index contributed by atoms with van der Waals surface area (Å²) in [5.41, 5.74) is 3.71. The largest absolute Gasteiger partial charge is 0.481 e. The number of carbonyl (C=O) groups is 1. The molecule has 154 valence electrons. The Balaban J connectivity index is 1.78. The van der Waals surface area contributed by atoms with Crippen molar-refractivity contribution in [2.75, 3.05) is 5.32 Å². The van der Waals surface area contributed by atoms with Crippen LogP contribution in [0.4, 0.5) is 5.69 Å². The molecule has 0 aliphatic heterocycles. The molecular formula is C23H28N2O3S. The van der Waals surface area contributed by atoms with E-state index >= 15 is 0 Å². The maximum absolute atomic E-state index is 12.7. The van der Waals surface area contributed by atoms with Crippen LogP contribution in [-0.4, -0.2) is 16.6 Å². The predicted octanol–water partition coefficient (Wildman–Crippen LogP) is 5.48. The van der Waals surface area contributed by atoms with Crippen LogP contribution in [0.2, 0.25) is 0 Å². The van der Waals surface area contributed by atoms with Crippen molar-refractivity contribution in [3.05, 3.63) is 57.2 Å². The summed E-state index contributed by atoms with van der Waals surface area (Å²) >= 11 is 1.19. The van der Waals surface area contributed by atoms with E-state index in [2.05, 4.69) is 31.3 Å². The number of aryl methyl sites for hydroxylation is 1. The van der Waals surface area contributed by atoms with Crippen LogP contribution < -0.4 is 14.9 Å². The number of carbonyl (C=O) groups excluding carboxylic acids is 1. The van der Waals surface area contributed by atoms with Gasteiger partial charge < -0.3 is 10.1 Å². The molecule has 0 spiro atoms. The molecule has 1 N–H and O–H groups in total. The van der Waals surface area contributed by atoms with Crippen LogP contribution in [0.5, 0.6) is 5.75 Å². The molecule has 0 bridgehead atoms. The van der Waals surface area contributed by atoms with Crippen LogP contribution in [0.15, 0.2) is 41.2 Å². The zero-order valence-electron chi connectivity index (χ0n) is 17.8. The quantitative estimate of drug-likeness (QED) is 0.583. The molecule has 0 unspecified atom stereocenters. The van der Waals surface area contributed by atoms with Crippen molar-refractivity contribution in [2.45, 2.75) is 59.6 Å². The zero-order chi connectivity index (χ0) is 21.3. The van der Waals surface area contributed by atoms with E-state index in [9.17, 15) is 9.59 Å². The lowest BCUT2D eigenvalue weighted by Crippen LogP contribution is -2.30. The van der Waals surface area contributed by atoms with Gasteiger partial charge in [0.2, 0.25) is 0 Å². The van der Waals surface area contributed by atoms with E-state index in [4.69, 9.17) is 4.74 Å². The van der Waals surface area contributed by atoms with Gasteiger partial charge in [-0.2, -0.15) is 0 Å². The van der Waals surface area contributed by atoms with Crippen molar-refractivity contribution < 1.29 is 9.53 Å². The van der Waals surface area contributed by atoms with Crippen molar-refractivity contribution in [3.63, 3.8) is 0 Å². The average molecular weight is 413 g/mol. The number of thiazole rings is 1. The molecular weight excluding hydrogens is 384 g/mol. The fourth-order valence-corrected chi connectivity index (χ4v) is 4.36. The van der Waals surface area contributed by atoms with E-state index < -0.39 is 6.10 Å². The standard InChI is InChI=1S/C23H28N2O3S/c1-13(2)18-9-7-15(5)11-20(18)28-16(6)22(26)24-17-8-10-19-21(12-17)29-23(27)25(19)14(3)4/h7-14,16H,1-6H3,(H,24,26)/t16-/m1/s1. The Bertz CT molecular complexity index is 1100. The van der Waals surface area contributed by atoms with Gasteiger partial charge in [-0.3, -0.25) is 14.2 Å². The Morgan fingerprint density at radius 1 is 1.07 bits per heavy atom. The van der Waals surface area contributed by atoms with Gasteiger partial charge >= 0.3 is 4.87 Å². The maximum Gasteiger partial charge on any atom is 0.308 e. The number of benzene rings is 2. The van der Waals surface area contributed by atoms with Crippen LogP contribution in [0.1, 0.15) is 57.7 Å². The first-order chi connectivity index (χ1) is 13.7. The Morgan fingerprint density at radius 3 is 2.45 bits per heavy atom. The number of aromatic nitrogens is 1. The molecule has 0 fully saturated rings. The van der Waals surface area contributed by atoms with E-state index in [1.54, 1.807) is 11.5 Å². The number of ether oxygens (including phenoxy) is 1. The first-order valence-electron chi connectivity index (χ1n) is 9.90. The Morgan fingerprint density at radius 2 is 1.79 bits per heavy atom. The summed E-state index contributed by atoms with van der Waals surface area (Å²) in [5.74, 6) is 0.817. The van der Waals surface area contributed by atoms with Crippen molar-refractivity contribution in [1.29, 1.82) is 0 Å². The van der Waals surface area contributed by atoms with E-state index in [1.165, 1.54) is 11.3 Å². The van der Waals surface area contributed by atoms with Gasteiger partial charge in [-0.05, 0) is 69.0 Å². The van der Waals surface area contributed by atoms with Gasteiger partial charge in [-0.1, -0.05) is 37.3 Å². The zero-order valence-corrected chi connectivity index (χ0v) is 18.6. The van der Waals surface area contributed by atoms with Crippen LogP contribution in [0.3, 0.4) is 0 Å². The second kappa shape index (κ2) is 8.41. The summed E-state index contributed by atoms with van der Waals surface area (Å²) in [6, 6.07) is 11.7. The summed E-state index contributed by atoms with van der Waals surface area (Å²) in [5, 5.41) is 2.91. The lowest BCUT2D eigenvalue weighted by Gasteiger charge is -2.19. The Hall–Kier alpha value is -2.60. The summed E-state index contributed by atoms with van der Waals surface area (Å²) in [6.45, 7) is 11.9. The topological polar surface area (TPSA) is 60.3 Å². The Labute approximate surface area is 175 Å². The minimum absolute atomic E-state index is 0.0100. The van der Waals surface area contributed by atoms with E-state index in [-0.39, 0.29) is 16.8 Å². The predicted molar refractivity (Wildman–Crippen MR) is 120 cm³/mol. The third kappa shape index (κ3) is 4.53. The van der Waals surface area contributed by atoms with Crippen molar-refractivity contribution in [3.8, 4) is 5.75 Å². The molecule has 3 aromatic rings. The summed E-state index contributed by atoms with van der Waals surface area (Å²) in [4.78, 5) is 24.9. The van der Waals surface area contributed by atoms with Gasteiger partial charge in [0.25, 0.3) is 5.91 Å². The number of hydrogen-bond donors (Lipinski definition) is 1. The van der Waals surface area contributed by atoms with Crippen LogP contribution in [-0.2, 0) is 4.79 Å². The molecule has 1 heterocycles. The fourth-order valence-electron chi connectivity index (χ4n) is 3.31. The molecule has 0 saturated heterocycles. The molecule has 0 saturated carbocycles. The number of nitrogens with one attached hydrogen (secondary N) is 1. The number of rotatable bonds is 6. The molecule has 0 aliphatic rings. The molecule has 5 nitrogen and oxygen atoms in total. The summed E-state index contributed by atoms with van der Waals surface area (Å²) in [7, 11) is 0. The molecule has 6 heteroatoms. The molecule has 1 atom stereocenters. The van der Waals surface area contributed by atoms with Crippen molar-refractivity contribution in [2.24, 2.45) is 0 Å². The number of amides is 1. The molecule has 2 aromatic carbocycles. The average Bonchev–Trinajstić information content (AvgIpc) is 2.96. The highest BCUT2D eigenvalue weighted by atomic mass is 32.1. The minimum Gasteiger partial charge on any atom is -0.481 e. The van der Waals surface area contributed by atoms with Gasteiger partial charge in [-0.25, -0.2) is 0 Å². The fraction of sp³-hybridized carbons (Fsp3) is 0.391. The highest BCUT2D eigenvalue weighted by Crippen LogP contribution is 2.29. The first kappa shape index (κ1) is 21.1.